The number of hydrogen-bond acceptors (Lipinski definition) is 5. The van der Waals surface area contributed by atoms with Crippen LogP contribution in [0.2, 0.25) is 0 Å². The van der Waals surface area contributed by atoms with Gasteiger partial charge in [-0.3, -0.25) is 4.68 Å². The molecule has 0 saturated carbocycles. The molecule has 0 atom stereocenters. The van der Waals surface area contributed by atoms with E-state index in [-0.39, 0.29) is 5.75 Å². The van der Waals surface area contributed by atoms with Crippen LogP contribution in [0.3, 0.4) is 0 Å². The van der Waals surface area contributed by atoms with Crippen LogP contribution in [0.15, 0.2) is 41.6 Å². The molecule has 2 rings (SSSR count). The number of hydrogen-bond donors (Lipinski definition) is 1. The molecule has 114 valence electrons. The van der Waals surface area contributed by atoms with E-state index in [0.717, 1.165) is 25.2 Å². The fourth-order valence-electron chi connectivity index (χ4n) is 1.99. The number of aromatic nitrogens is 3. The van der Waals surface area contributed by atoms with Crippen molar-refractivity contribution in [1.82, 2.24) is 15.0 Å². The largest absolute Gasteiger partial charge is 0.385 e. The van der Waals surface area contributed by atoms with Crippen molar-refractivity contribution in [1.29, 1.82) is 0 Å². The van der Waals surface area contributed by atoms with Gasteiger partial charge in [-0.2, -0.15) is 0 Å². The zero-order valence-corrected chi connectivity index (χ0v) is 12.9. The maximum atomic E-state index is 11.9. The number of aryl methyl sites for hydroxylation is 1. The second kappa shape index (κ2) is 7.21. The van der Waals surface area contributed by atoms with Crippen molar-refractivity contribution < 1.29 is 8.42 Å². The monoisotopic (exact) mass is 308 g/mol. The summed E-state index contributed by atoms with van der Waals surface area (Å²) < 4.78 is 25.6. The first-order chi connectivity index (χ1) is 10.1. The second-order valence-corrected chi connectivity index (χ2v) is 6.90. The molecule has 0 aliphatic heterocycles. The van der Waals surface area contributed by atoms with Crippen molar-refractivity contribution in [2.45, 2.75) is 31.2 Å². The number of sulfone groups is 1. The lowest BCUT2D eigenvalue weighted by Crippen LogP contribution is -2.08. The minimum atomic E-state index is -3.13. The smallest absolute Gasteiger partial charge is 0.178 e. The lowest BCUT2D eigenvalue weighted by atomic mass is 10.3. The summed E-state index contributed by atoms with van der Waals surface area (Å²) in [4.78, 5) is 0.387. The Kier molecular flexibility index (Phi) is 5.32. The standard InChI is InChI=1S/C14H20N4O2S/c1-2-12-21(19,20)14-6-4-13(5-7-14)15-8-3-10-18-11-9-16-17-18/h4-7,9,11,15H,2-3,8,10,12H2,1H3. The van der Waals surface area contributed by atoms with E-state index in [9.17, 15) is 8.42 Å². The van der Waals surface area contributed by atoms with Crippen molar-refractivity contribution in [3.63, 3.8) is 0 Å². The van der Waals surface area contributed by atoms with Gasteiger partial charge in [0.25, 0.3) is 0 Å². The van der Waals surface area contributed by atoms with Gasteiger partial charge in [-0.15, -0.1) is 5.10 Å². The topological polar surface area (TPSA) is 76.9 Å². The van der Waals surface area contributed by atoms with E-state index >= 15 is 0 Å². The van der Waals surface area contributed by atoms with Gasteiger partial charge in [0.2, 0.25) is 0 Å². The maximum absolute atomic E-state index is 11.9. The Balaban J connectivity index is 1.82. The molecule has 1 aromatic heterocycles. The summed E-state index contributed by atoms with van der Waals surface area (Å²) in [6.45, 7) is 3.46. The molecule has 0 unspecified atom stereocenters. The van der Waals surface area contributed by atoms with Crippen molar-refractivity contribution in [3.05, 3.63) is 36.7 Å². The van der Waals surface area contributed by atoms with Gasteiger partial charge in [0, 0.05) is 25.0 Å². The Bertz CT molecular complexity index is 636. The Morgan fingerprint density at radius 3 is 2.62 bits per heavy atom. The molecule has 21 heavy (non-hydrogen) atoms. The van der Waals surface area contributed by atoms with Crippen molar-refractivity contribution in [2.75, 3.05) is 17.6 Å². The molecule has 0 saturated heterocycles. The van der Waals surface area contributed by atoms with E-state index in [1.54, 1.807) is 35.1 Å². The van der Waals surface area contributed by atoms with Crippen LogP contribution in [0.4, 0.5) is 5.69 Å². The molecule has 0 aliphatic carbocycles. The molecule has 0 bridgehead atoms. The molecule has 1 aromatic carbocycles. The van der Waals surface area contributed by atoms with Gasteiger partial charge in [0.05, 0.1) is 16.8 Å². The van der Waals surface area contributed by atoms with E-state index in [1.165, 1.54) is 0 Å². The molecule has 0 aliphatic rings. The zero-order chi connectivity index (χ0) is 15.1. The van der Waals surface area contributed by atoms with Crippen LogP contribution in [0.25, 0.3) is 0 Å². The minimum absolute atomic E-state index is 0.192. The Labute approximate surface area is 125 Å². The van der Waals surface area contributed by atoms with Gasteiger partial charge in [0.15, 0.2) is 9.84 Å². The van der Waals surface area contributed by atoms with E-state index in [0.29, 0.717) is 11.3 Å². The summed E-state index contributed by atoms with van der Waals surface area (Å²) in [6, 6.07) is 6.92. The van der Waals surface area contributed by atoms with E-state index in [1.807, 2.05) is 13.1 Å². The fraction of sp³-hybridized carbons (Fsp3) is 0.429. The fourth-order valence-corrected chi connectivity index (χ4v) is 3.32. The van der Waals surface area contributed by atoms with Crippen molar-refractivity contribution >= 4 is 15.5 Å². The third-order valence-electron chi connectivity index (χ3n) is 3.05. The predicted molar refractivity (Wildman–Crippen MR) is 81.9 cm³/mol. The summed E-state index contributed by atoms with van der Waals surface area (Å²) >= 11 is 0. The first kappa shape index (κ1) is 15.5. The third kappa shape index (κ3) is 4.56. The third-order valence-corrected chi connectivity index (χ3v) is 4.99. The van der Waals surface area contributed by atoms with Crippen LogP contribution < -0.4 is 5.32 Å². The molecule has 1 heterocycles. The van der Waals surface area contributed by atoms with Crippen LogP contribution in [-0.2, 0) is 16.4 Å². The number of anilines is 1. The minimum Gasteiger partial charge on any atom is -0.385 e. The second-order valence-electron chi connectivity index (χ2n) is 4.79. The first-order valence-electron chi connectivity index (χ1n) is 7.02. The van der Waals surface area contributed by atoms with Gasteiger partial charge >= 0.3 is 0 Å². The Hall–Kier alpha value is -1.89. The highest BCUT2D eigenvalue weighted by Crippen LogP contribution is 2.16. The lowest BCUT2D eigenvalue weighted by Gasteiger charge is -2.08. The molecule has 6 nitrogen and oxygen atoms in total. The summed E-state index contributed by atoms with van der Waals surface area (Å²) in [5.74, 6) is 0.192. The van der Waals surface area contributed by atoms with Crippen molar-refractivity contribution in [3.8, 4) is 0 Å². The quantitative estimate of drug-likeness (QED) is 0.754. The van der Waals surface area contributed by atoms with Gasteiger partial charge in [-0.25, -0.2) is 8.42 Å². The molecular weight excluding hydrogens is 288 g/mol. The van der Waals surface area contributed by atoms with E-state index in [4.69, 9.17) is 0 Å². The Morgan fingerprint density at radius 1 is 1.24 bits per heavy atom. The average Bonchev–Trinajstić information content (AvgIpc) is 2.97. The van der Waals surface area contributed by atoms with Gasteiger partial charge in [0.1, 0.15) is 0 Å². The van der Waals surface area contributed by atoms with Gasteiger partial charge < -0.3 is 5.32 Å². The average molecular weight is 308 g/mol. The molecule has 2 aromatic rings. The van der Waals surface area contributed by atoms with Crippen LogP contribution in [-0.4, -0.2) is 35.7 Å². The number of rotatable bonds is 8. The summed E-state index contributed by atoms with van der Waals surface area (Å²) in [6.07, 6.45) is 5.03. The van der Waals surface area contributed by atoms with E-state index in [2.05, 4.69) is 15.6 Å². The van der Waals surface area contributed by atoms with E-state index < -0.39 is 9.84 Å². The molecule has 1 N–H and O–H groups in total. The van der Waals surface area contributed by atoms with Crippen molar-refractivity contribution in [2.24, 2.45) is 0 Å². The van der Waals surface area contributed by atoms with Crippen LogP contribution in [0.1, 0.15) is 19.8 Å². The van der Waals surface area contributed by atoms with Gasteiger partial charge in [-0.1, -0.05) is 12.1 Å². The number of nitrogens with zero attached hydrogens (tertiary/aromatic N) is 3. The highest BCUT2D eigenvalue weighted by molar-refractivity contribution is 7.91. The number of nitrogens with one attached hydrogen (secondary N) is 1. The lowest BCUT2D eigenvalue weighted by molar-refractivity contribution is 0.570. The summed E-state index contributed by atoms with van der Waals surface area (Å²) in [7, 11) is -3.13. The molecule has 0 radical (unpaired) electrons. The highest BCUT2D eigenvalue weighted by atomic mass is 32.2. The van der Waals surface area contributed by atoms with Crippen LogP contribution >= 0.6 is 0 Å². The molecule has 0 spiro atoms. The maximum Gasteiger partial charge on any atom is 0.178 e. The molecular formula is C14H20N4O2S. The zero-order valence-electron chi connectivity index (χ0n) is 12.1. The summed E-state index contributed by atoms with van der Waals surface area (Å²) in [5.41, 5.74) is 0.920. The van der Waals surface area contributed by atoms with Crippen LogP contribution in [0.5, 0.6) is 0 Å². The first-order valence-corrected chi connectivity index (χ1v) is 8.68. The Morgan fingerprint density at radius 2 is 2.00 bits per heavy atom. The summed E-state index contributed by atoms with van der Waals surface area (Å²) in [5, 5.41) is 10.9. The predicted octanol–water partition coefficient (Wildman–Crippen LogP) is 1.96. The SMILES string of the molecule is CCCS(=O)(=O)c1ccc(NCCCn2ccnn2)cc1. The number of benzene rings is 1. The molecule has 7 heteroatoms. The molecule has 0 fully saturated rings. The highest BCUT2D eigenvalue weighted by Gasteiger charge is 2.12. The van der Waals surface area contributed by atoms with Crippen LogP contribution in [0, 0.1) is 0 Å². The normalized spacial score (nSPS) is 11.5. The van der Waals surface area contributed by atoms with Gasteiger partial charge in [-0.05, 0) is 37.1 Å². The molecule has 0 amide bonds.